The quantitative estimate of drug-likeness (QED) is 0.182. The normalized spacial score (nSPS) is 21.8. The second-order valence-corrected chi connectivity index (χ2v) is 13.7. The van der Waals surface area contributed by atoms with Crippen LogP contribution in [0.3, 0.4) is 0 Å². The fraction of sp³-hybridized carbons (Fsp3) is 0.382. The molecule has 2 saturated heterocycles. The Morgan fingerprint density at radius 1 is 1.04 bits per heavy atom. The van der Waals surface area contributed by atoms with Gasteiger partial charge in [0.05, 0.1) is 35.8 Å². The van der Waals surface area contributed by atoms with Crippen LogP contribution in [0.2, 0.25) is 5.02 Å². The maximum Gasteiger partial charge on any atom is 0.278 e. The van der Waals surface area contributed by atoms with Gasteiger partial charge in [-0.3, -0.25) is 4.90 Å². The maximum absolute atomic E-state index is 14.9. The molecule has 2 unspecified atom stereocenters. The smallest absolute Gasteiger partial charge is 0.278 e. The molecule has 45 heavy (non-hydrogen) atoms. The van der Waals surface area contributed by atoms with Crippen LogP contribution in [0.15, 0.2) is 54.6 Å². The van der Waals surface area contributed by atoms with Crippen LogP contribution in [0, 0.1) is 12.7 Å². The minimum Gasteiger partial charge on any atom is -0.444 e. The molecule has 232 valence electrons. The number of aromatic nitrogens is 4. The summed E-state index contributed by atoms with van der Waals surface area (Å²) in [6, 6.07) is 16.9. The number of benzene rings is 3. The molecule has 2 atom stereocenters. The highest BCUT2D eigenvalue weighted by Crippen LogP contribution is 2.50. The van der Waals surface area contributed by atoms with Crippen LogP contribution < -0.4 is 9.47 Å². The molecule has 3 aliphatic heterocycles. The summed E-state index contributed by atoms with van der Waals surface area (Å²) in [5, 5.41) is 1.29. The van der Waals surface area contributed by atoms with Crippen LogP contribution in [0.1, 0.15) is 54.1 Å². The Hall–Kier alpha value is -3.57. The van der Waals surface area contributed by atoms with Gasteiger partial charge in [-0.15, -0.1) is 0 Å². The average molecular weight is 646 g/mol. The van der Waals surface area contributed by atoms with E-state index in [9.17, 15) is 4.39 Å². The Bertz CT molecular complexity index is 1900. The predicted molar refractivity (Wildman–Crippen MR) is 171 cm³/mol. The van der Waals surface area contributed by atoms with Crippen LogP contribution in [0.25, 0.3) is 22.4 Å². The van der Waals surface area contributed by atoms with Gasteiger partial charge >= 0.3 is 0 Å². The number of piperidine rings is 1. The Morgan fingerprint density at radius 3 is 2.62 bits per heavy atom. The molecule has 8 nitrogen and oxygen atoms in total. The van der Waals surface area contributed by atoms with E-state index in [0.717, 1.165) is 90.9 Å². The van der Waals surface area contributed by atoms with Gasteiger partial charge in [0.15, 0.2) is 17.3 Å². The zero-order valence-corrected chi connectivity index (χ0v) is 26.7. The monoisotopic (exact) mass is 645 g/mol. The first-order chi connectivity index (χ1) is 21.8. The third-order valence-electron chi connectivity index (χ3n) is 9.22. The van der Waals surface area contributed by atoms with Gasteiger partial charge in [0.2, 0.25) is 0 Å². The molecule has 11 heteroatoms. The van der Waals surface area contributed by atoms with Crippen molar-refractivity contribution in [1.82, 2.24) is 23.8 Å². The largest absolute Gasteiger partial charge is 0.444 e. The molecule has 0 radical (unpaired) electrons. The van der Waals surface area contributed by atoms with Crippen molar-refractivity contribution < 1.29 is 18.6 Å². The Kier molecular flexibility index (Phi) is 7.28. The van der Waals surface area contributed by atoms with Gasteiger partial charge in [-0.05, 0) is 99.2 Å². The van der Waals surface area contributed by atoms with Crippen molar-refractivity contribution in [3.63, 3.8) is 0 Å². The number of rotatable bonds is 7. The molecule has 0 spiro atoms. The van der Waals surface area contributed by atoms with Gasteiger partial charge in [0.1, 0.15) is 16.6 Å². The summed E-state index contributed by atoms with van der Waals surface area (Å²) in [6.45, 7) is 7.96. The van der Waals surface area contributed by atoms with Gasteiger partial charge in [0.25, 0.3) is 5.79 Å². The molecule has 0 bridgehead atoms. The molecule has 2 fully saturated rings. The van der Waals surface area contributed by atoms with Crippen molar-refractivity contribution in [3.8, 4) is 22.9 Å². The number of ether oxygens (including phenoxy) is 3. The predicted octanol–water partition coefficient (Wildman–Crippen LogP) is 7.47. The zero-order valence-electron chi connectivity index (χ0n) is 25.1. The zero-order chi connectivity index (χ0) is 30.7. The summed E-state index contributed by atoms with van der Waals surface area (Å²) in [7, 11) is 0. The molecule has 0 amide bonds. The molecular formula is C34H33ClFN5O3S. The summed E-state index contributed by atoms with van der Waals surface area (Å²) >= 11 is 7.41. The van der Waals surface area contributed by atoms with Crippen LogP contribution in [-0.2, 0) is 23.6 Å². The standard InChI is InChI=1S/C34H33ClFN5O3S/c1-20-37-33(39-45-20)22-6-9-29-28(16-22)38-31(41(29)18-24-12-15-42-24)19-40-13-10-21(11-14-40)25-4-3-5-30-32(25)44-34(2,43-30)26-8-7-23(35)17-27(26)36/h3-9,16-17,21,24H,10-15,18-19H2,1-2H3. The summed E-state index contributed by atoms with van der Waals surface area (Å²) in [5.74, 6) is 1.74. The van der Waals surface area contributed by atoms with Crippen molar-refractivity contribution in [2.24, 2.45) is 0 Å². The maximum atomic E-state index is 14.9. The van der Waals surface area contributed by atoms with Crippen molar-refractivity contribution in [2.75, 3.05) is 19.7 Å². The third-order valence-corrected chi connectivity index (χ3v) is 10.1. The van der Waals surface area contributed by atoms with E-state index in [1.807, 2.05) is 19.1 Å². The van der Waals surface area contributed by atoms with Crippen molar-refractivity contribution >= 4 is 34.2 Å². The van der Waals surface area contributed by atoms with Crippen LogP contribution >= 0.6 is 23.1 Å². The first kappa shape index (κ1) is 28.9. The SMILES string of the molecule is Cc1nc(-c2ccc3c(c2)nc(CN2CCC(c4cccc5c4OC(C)(c4ccc(Cl)cc4F)O5)CC2)n3CC2CCO2)ns1. The summed E-state index contributed by atoms with van der Waals surface area (Å²) < 4.78 is 40.1. The highest BCUT2D eigenvalue weighted by molar-refractivity contribution is 7.05. The lowest BCUT2D eigenvalue weighted by atomic mass is 9.88. The lowest BCUT2D eigenvalue weighted by Gasteiger charge is -2.33. The van der Waals surface area contributed by atoms with Crippen molar-refractivity contribution in [1.29, 1.82) is 0 Å². The molecule has 5 heterocycles. The number of halogens is 2. The van der Waals surface area contributed by atoms with E-state index in [2.05, 4.69) is 43.1 Å². The van der Waals surface area contributed by atoms with Crippen LogP contribution in [0.5, 0.6) is 11.5 Å². The lowest BCUT2D eigenvalue weighted by molar-refractivity contribution is -0.0712. The van der Waals surface area contributed by atoms with E-state index in [0.29, 0.717) is 28.0 Å². The van der Waals surface area contributed by atoms with Gasteiger partial charge < -0.3 is 18.8 Å². The molecule has 0 aliphatic carbocycles. The molecule has 0 saturated carbocycles. The van der Waals surface area contributed by atoms with E-state index >= 15 is 0 Å². The molecule has 2 aromatic heterocycles. The number of fused-ring (bicyclic) bond motifs is 2. The van der Waals surface area contributed by atoms with E-state index in [1.165, 1.54) is 17.6 Å². The van der Waals surface area contributed by atoms with Crippen LogP contribution in [0.4, 0.5) is 4.39 Å². The highest BCUT2D eigenvalue weighted by Gasteiger charge is 2.43. The van der Waals surface area contributed by atoms with Gasteiger partial charge in [-0.25, -0.2) is 14.4 Å². The van der Waals surface area contributed by atoms with E-state index in [-0.39, 0.29) is 6.10 Å². The lowest BCUT2D eigenvalue weighted by Crippen LogP contribution is -2.35. The molecule has 8 rings (SSSR count). The van der Waals surface area contributed by atoms with E-state index in [1.54, 1.807) is 19.1 Å². The Labute approximate surface area is 269 Å². The number of para-hydroxylation sites is 1. The number of hydrogen-bond donors (Lipinski definition) is 0. The summed E-state index contributed by atoms with van der Waals surface area (Å²) in [6.07, 6.45) is 3.23. The minimum absolute atomic E-state index is 0.226. The number of hydrogen-bond acceptors (Lipinski definition) is 8. The molecular weight excluding hydrogens is 613 g/mol. The van der Waals surface area contributed by atoms with Crippen LogP contribution in [-0.4, -0.2) is 49.6 Å². The molecule has 0 N–H and O–H groups in total. The summed E-state index contributed by atoms with van der Waals surface area (Å²) in [4.78, 5) is 12.2. The third kappa shape index (κ3) is 5.37. The Balaban J connectivity index is 1.000. The topological polar surface area (TPSA) is 74.5 Å². The minimum atomic E-state index is -1.26. The van der Waals surface area contributed by atoms with Crippen molar-refractivity contribution in [2.45, 2.75) is 64.0 Å². The first-order valence-corrected chi connectivity index (χ1v) is 16.6. The fourth-order valence-electron chi connectivity index (χ4n) is 6.73. The molecule has 3 aliphatic rings. The number of imidazole rings is 1. The van der Waals surface area contributed by atoms with E-state index in [4.69, 9.17) is 30.8 Å². The first-order valence-electron chi connectivity index (χ1n) is 15.4. The summed E-state index contributed by atoms with van der Waals surface area (Å²) in [5.41, 5.74) is 4.49. The van der Waals surface area contributed by atoms with Gasteiger partial charge in [-0.1, -0.05) is 23.7 Å². The second-order valence-electron chi connectivity index (χ2n) is 12.3. The molecule has 5 aromatic rings. The van der Waals surface area contributed by atoms with E-state index < -0.39 is 11.6 Å². The highest BCUT2D eigenvalue weighted by atomic mass is 35.5. The number of likely N-dealkylation sites (tertiary alicyclic amines) is 1. The van der Waals surface area contributed by atoms with Crippen molar-refractivity contribution in [3.05, 3.63) is 87.4 Å². The average Bonchev–Trinajstić information content (AvgIpc) is 3.69. The fourth-order valence-corrected chi connectivity index (χ4v) is 7.38. The van der Waals surface area contributed by atoms with Gasteiger partial charge in [0, 0.05) is 29.7 Å². The number of nitrogens with zero attached hydrogens (tertiary/aromatic N) is 5. The Morgan fingerprint density at radius 2 is 1.89 bits per heavy atom. The van der Waals surface area contributed by atoms with Gasteiger partial charge in [-0.2, -0.15) is 4.37 Å². The molecule has 3 aromatic carbocycles. The second kappa shape index (κ2) is 11.3. The number of aryl methyl sites for hydroxylation is 1.